The van der Waals surface area contributed by atoms with Gasteiger partial charge in [0, 0.05) is 14.1 Å². The molecule has 62 valence electrons. The van der Waals surface area contributed by atoms with Crippen molar-refractivity contribution in [1.29, 1.82) is 0 Å². The summed E-state index contributed by atoms with van der Waals surface area (Å²) in [6.07, 6.45) is 0. The van der Waals surface area contributed by atoms with Gasteiger partial charge in [0.15, 0.2) is 0 Å². The molecule has 8 nitrogen and oxygen atoms in total. The van der Waals surface area contributed by atoms with Gasteiger partial charge < -0.3 is 10.4 Å². The summed E-state index contributed by atoms with van der Waals surface area (Å²) in [6, 6.07) is 0. The molecule has 0 aromatic heterocycles. The Morgan fingerprint density at radius 2 is 1.30 bits per heavy atom. The minimum Gasteiger partial charge on any atom is -0.745 e. The van der Waals surface area contributed by atoms with Crippen LogP contribution in [0.15, 0.2) is 0 Å². The fourth-order valence-corrected chi connectivity index (χ4v) is 0.223. The van der Waals surface area contributed by atoms with Crippen molar-refractivity contribution >= 4 is 0 Å². The van der Waals surface area contributed by atoms with Gasteiger partial charge in [-0.3, -0.25) is 0 Å². The summed E-state index contributed by atoms with van der Waals surface area (Å²) in [5.41, 5.74) is 3.94. The van der Waals surface area contributed by atoms with Crippen molar-refractivity contribution < 1.29 is 9.88 Å². The third-order valence-corrected chi connectivity index (χ3v) is 0.472. The largest absolute Gasteiger partial charge is 0.745 e. The van der Waals surface area contributed by atoms with Crippen molar-refractivity contribution in [2.24, 2.45) is 0 Å². The molecule has 0 rings (SSSR count). The zero-order chi connectivity index (χ0) is 7.98. The predicted octanol–water partition coefficient (Wildman–Crippen LogP) is -1.37. The molecule has 0 aromatic rings. The molecule has 0 fully saturated rings. The highest BCUT2D eigenvalue weighted by Gasteiger charge is 1.91. The zero-order valence-corrected chi connectivity index (χ0v) is 5.53. The van der Waals surface area contributed by atoms with Crippen LogP contribution in [0.25, 0.3) is 0 Å². The van der Waals surface area contributed by atoms with Crippen LogP contribution in [0.1, 0.15) is 0 Å². The Kier molecular flexibility index (Phi) is 5.29. The highest BCUT2D eigenvalue weighted by molar-refractivity contribution is 4.31. The summed E-state index contributed by atoms with van der Waals surface area (Å²) >= 11 is 0. The number of hydroxylamine groups is 2. The summed E-state index contributed by atoms with van der Waals surface area (Å²) in [4.78, 5) is 7.86. The van der Waals surface area contributed by atoms with Crippen molar-refractivity contribution in [1.82, 2.24) is 21.6 Å². The molecule has 8 heteroatoms. The molecule has 0 aliphatic rings. The van der Waals surface area contributed by atoms with Gasteiger partial charge in [0.25, 0.3) is 0 Å². The standard InChI is InChI=1S/C2H8N4O4/c1-3-9-5(7)6(8)10-4-2/h3-4H,1-2H3/q-2. The lowest BCUT2D eigenvalue weighted by Crippen LogP contribution is -2.39. The average Bonchev–Trinajstić information content (AvgIpc) is 1.89. The van der Waals surface area contributed by atoms with E-state index in [1.807, 2.05) is 11.0 Å². The van der Waals surface area contributed by atoms with E-state index < -0.39 is 10.7 Å². The van der Waals surface area contributed by atoms with Crippen LogP contribution >= 0.6 is 0 Å². The first kappa shape index (κ1) is 9.68. The number of nitrogens with one attached hydrogen (secondary N) is 2. The minimum atomic E-state index is -0.434. The first-order chi connectivity index (χ1) is 4.72. The average molecular weight is 152 g/mol. The summed E-state index contributed by atoms with van der Waals surface area (Å²) in [5.74, 6) is 0. The molecule has 2 N–H and O–H groups in total. The Morgan fingerprint density at radius 3 is 1.50 bits per heavy atom. The highest BCUT2D eigenvalue weighted by atomic mass is 17.1. The molecule has 0 radical (unpaired) electrons. The Morgan fingerprint density at radius 1 is 1.00 bits per heavy atom. The number of nitrogens with zero attached hydrogens (tertiary/aromatic N) is 2. The van der Waals surface area contributed by atoms with Crippen molar-refractivity contribution in [3.8, 4) is 0 Å². The lowest BCUT2D eigenvalue weighted by atomic mass is 11.6. The predicted molar refractivity (Wildman–Crippen MR) is 30.7 cm³/mol. The van der Waals surface area contributed by atoms with Crippen LogP contribution in [0.4, 0.5) is 0 Å². The quantitative estimate of drug-likeness (QED) is 0.466. The Balaban J connectivity index is 3.38. The van der Waals surface area contributed by atoms with E-state index in [0.717, 1.165) is 0 Å². The molecule has 10 heavy (non-hydrogen) atoms. The molecule has 0 aliphatic carbocycles. The molecule has 0 spiro atoms. The van der Waals surface area contributed by atoms with Gasteiger partial charge in [-0.1, -0.05) is 0 Å². The maximum atomic E-state index is 10.2. The molecular weight excluding hydrogens is 144 g/mol. The van der Waals surface area contributed by atoms with Crippen molar-refractivity contribution in [2.75, 3.05) is 14.1 Å². The smallest absolute Gasteiger partial charge is 0.0115 e. The van der Waals surface area contributed by atoms with Crippen molar-refractivity contribution in [2.45, 2.75) is 0 Å². The van der Waals surface area contributed by atoms with Crippen LogP contribution in [0.3, 0.4) is 0 Å². The maximum absolute atomic E-state index is 10.2. The van der Waals surface area contributed by atoms with E-state index in [2.05, 4.69) is 9.88 Å². The fraction of sp³-hybridized carbons (Fsp3) is 1.00. The molecule has 0 saturated heterocycles. The van der Waals surface area contributed by atoms with Crippen LogP contribution in [0, 0.1) is 10.4 Å². The van der Waals surface area contributed by atoms with Gasteiger partial charge in [0.05, 0.1) is 0 Å². The number of hydrogen-bond acceptors (Lipinski definition) is 8. The summed E-state index contributed by atoms with van der Waals surface area (Å²) < 4.78 is 0. The Labute approximate surface area is 57.2 Å². The third-order valence-electron chi connectivity index (χ3n) is 0.472. The van der Waals surface area contributed by atoms with Gasteiger partial charge in [-0.05, 0) is 0 Å². The second-order valence-electron chi connectivity index (χ2n) is 1.07. The van der Waals surface area contributed by atoms with E-state index in [1.54, 1.807) is 0 Å². The molecule has 0 unspecified atom stereocenters. The molecule has 0 bridgehead atoms. The molecule has 0 aliphatic heterocycles. The Bertz CT molecular complexity index is 71.7. The normalized spacial score (nSPS) is 11.4. The van der Waals surface area contributed by atoms with Crippen molar-refractivity contribution in [3.63, 3.8) is 0 Å². The molecule has 0 atom stereocenters. The first-order valence-corrected chi connectivity index (χ1v) is 2.34. The van der Waals surface area contributed by atoms with Gasteiger partial charge in [-0.2, -0.15) is 21.6 Å². The minimum absolute atomic E-state index is 0.434. The second kappa shape index (κ2) is 5.46. The molecule has 0 saturated carbocycles. The fourth-order valence-electron chi connectivity index (χ4n) is 0.223. The molecule has 0 amide bonds. The van der Waals surface area contributed by atoms with E-state index in [0.29, 0.717) is 0 Å². The van der Waals surface area contributed by atoms with Gasteiger partial charge >= 0.3 is 0 Å². The summed E-state index contributed by atoms with van der Waals surface area (Å²) in [5, 5.41) is 19.6. The summed E-state index contributed by atoms with van der Waals surface area (Å²) in [6.45, 7) is 0. The molecular formula is C2H8N4O4-2. The first-order valence-electron chi connectivity index (χ1n) is 2.34. The number of rotatable bonds is 5. The Hall–Kier alpha value is -0.320. The van der Waals surface area contributed by atoms with Gasteiger partial charge in [0.1, 0.15) is 0 Å². The van der Waals surface area contributed by atoms with E-state index in [1.165, 1.54) is 14.1 Å². The number of hydrogen-bond donors (Lipinski definition) is 2. The lowest BCUT2D eigenvalue weighted by molar-refractivity contribution is -0.393. The van der Waals surface area contributed by atoms with E-state index in [4.69, 9.17) is 0 Å². The van der Waals surface area contributed by atoms with Gasteiger partial charge in [0.2, 0.25) is 0 Å². The second-order valence-corrected chi connectivity index (χ2v) is 1.07. The highest BCUT2D eigenvalue weighted by Crippen LogP contribution is 1.90. The molecule has 0 heterocycles. The number of hydrazine groups is 1. The lowest BCUT2D eigenvalue weighted by Gasteiger charge is -2.38. The van der Waals surface area contributed by atoms with E-state index >= 15 is 0 Å². The van der Waals surface area contributed by atoms with Crippen LogP contribution in [0.2, 0.25) is 0 Å². The van der Waals surface area contributed by atoms with Crippen LogP contribution < -0.4 is 11.0 Å². The van der Waals surface area contributed by atoms with Crippen LogP contribution in [-0.2, 0) is 9.88 Å². The topological polar surface area (TPSA) is 95.1 Å². The van der Waals surface area contributed by atoms with Crippen molar-refractivity contribution in [3.05, 3.63) is 10.4 Å². The van der Waals surface area contributed by atoms with Crippen LogP contribution in [0.5, 0.6) is 0 Å². The van der Waals surface area contributed by atoms with Gasteiger partial charge in [-0.25, -0.2) is 9.88 Å². The summed E-state index contributed by atoms with van der Waals surface area (Å²) in [7, 11) is 2.64. The maximum Gasteiger partial charge on any atom is 0.0115 e. The van der Waals surface area contributed by atoms with Crippen LogP contribution in [-0.4, -0.2) is 24.8 Å². The van der Waals surface area contributed by atoms with E-state index in [-0.39, 0.29) is 0 Å². The SMILES string of the molecule is CNON([O-])N([O-])ONC. The molecule has 0 aromatic carbocycles. The van der Waals surface area contributed by atoms with Gasteiger partial charge in [-0.15, -0.1) is 0 Å². The van der Waals surface area contributed by atoms with E-state index in [9.17, 15) is 10.4 Å². The zero-order valence-electron chi connectivity index (χ0n) is 5.53. The third kappa shape index (κ3) is 3.66. The monoisotopic (exact) mass is 152 g/mol.